The van der Waals surface area contributed by atoms with Crippen LogP contribution < -0.4 is 5.32 Å². The quantitative estimate of drug-likeness (QED) is 0.697. The molecule has 13 heavy (non-hydrogen) atoms. The van der Waals surface area contributed by atoms with Crippen LogP contribution in [-0.4, -0.2) is 6.54 Å². The molecule has 1 N–H and O–H groups in total. The minimum absolute atomic E-state index is 0.0807. The van der Waals surface area contributed by atoms with Crippen molar-refractivity contribution in [1.29, 1.82) is 0 Å². The molecule has 0 radical (unpaired) electrons. The van der Waals surface area contributed by atoms with E-state index in [-0.39, 0.29) is 5.41 Å². The van der Waals surface area contributed by atoms with Gasteiger partial charge in [-0.2, -0.15) is 0 Å². The average Bonchev–Trinajstić information content (AvgIpc) is 2.36. The first kappa shape index (κ1) is 9.17. The van der Waals surface area contributed by atoms with Gasteiger partial charge in [-0.05, 0) is 12.1 Å². The Hall–Kier alpha value is -0.400. The molecule has 1 heterocycles. The zero-order valence-electron chi connectivity index (χ0n) is 7.62. The first-order valence-corrected chi connectivity index (χ1v) is 5.00. The summed E-state index contributed by atoms with van der Waals surface area (Å²) in [6, 6.07) is 3.69. The van der Waals surface area contributed by atoms with Gasteiger partial charge in [0.2, 0.25) is 0 Å². The summed E-state index contributed by atoms with van der Waals surface area (Å²) in [5.74, 6) is 0. The van der Waals surface area contributed by atoms with Gasteiger partial charge in [0, 0.05) is 22.5 Å². The lowest BCUT2D eigenvalue weighted by molar-refractivity contribution is 0.586. The molecule has 0 atom stereocenters. The highest BCUT2D eigenvalue weighted by Crippen LogP contribution is 2.44. The highest BCUT2D eigenvalue weighted by Gasteiger charge is 2.33. The van der Waals surface area contributed by atoms with Crippen molar-refractivity contribution in [2.45, 2.75) is 19.3 Å². The Morgan fingerprint density at radius 1 is 1.23 bits per heavy atom. The largest absolute Gasteiger partial charge is 0.383 e. The van der Waals surface area contributed by atoms with Crippen LogP contribution in [0.2, 0.25) is 10.0 Å². The van der Waals surface area contributed by atoms with E-state index in [0.29, 0.717) is 0 Å². The van der Waals surface area contributed by atoms with E-state index in [1.807, 2.05) is 12.1 Å². The Kier molecular flexibility index (Phi) is 1.97. The van der Waals surface area contributed by atoms with Crippen LogP contribution in [0.1, 0.15) is 19.4 Å². The lowest BCUT2D eigenvalue weighted by Crippen LogP contribution is -2.19. The van der Waals surface area contributed by atoms with Crippen LogP contribution in [0.4, 0.5) is 5.69 Å². The normalized spacial score (nSPS) is 18.2. The Labute approximate surface area is 88.0 Å². The molecule has 1 aromatic rings. The monoisotopic (exact) mass is 215 g/mol. The summed E-state index contributed by atoms with van der Waals surface area (Å²) >= 11 is 12.2. The first-order chi connectivity index (χ1) is 6.02. The number of hydrogen-bond acceptors (Lipinski definition) is 1. The summed E-state index contributed by atoms with van der Waals surface area (Å²) in [6.45, 7) is 5.22. The summed E-state index contributed by atoms with van der Waals surface area (Å²) in [6.07, 6.45) is 0. The molecule has 0 spiro atoms. The Morgan fingerprint density at radius 2 is 1.85 bits per heavy atom. The standard InChI is InChI=1S/C10H11Cl2N/c1-10(2)5-13-9-7(12)4-3-6(11)8(9)10/h3-4,13H,5H2,1-2H3. The maximum atomic E-state index is 6.13. The maximum Gasteiger partial charge on any atom is 0.0641 e. The molecule has 0 saturated carbocycles. The Balaban J connectivity index is 2.70. The number of nitrogens with one attached hydrogen (secondary N) is 1. The zero-order chi connectivity index (χ0) is 9.64. The molecule has 1 aliphatic heterocycles. The van der Waals surface area contributed by atoms with Crippen molar-refractivity contribution in [3.8, 4) is 0 Å². The Bertz CT molecular complexity index is 358. The van der Waals surface area contributed by atoms with Crippen molar-refractivity contribution < 1.29 is 0 Å². The van der Waals surface area contributed by atoms with Crippen molar-refractivity contribution in [1.82, 2.24) is 0 Å². The summed E-state index contributed by atoms with van der Waals surface area (Å²) in [5, 5.41) is 4.84. The Morgan fingerprint density at radius 3 is 2.46 bits per heavy atom. The van der Waals surface area contributed by atoms with Gasteiger partial charge in [-0.15, -0.1) is 0 Å². The van der Waals surface area contributed by atoms with Crippen LogP contribution in [0.5, 0.6) is 0 Å². The first-order valence-electron chi connectivity index (χ1n) is 4.25. The van der Waals surface area contributed by atoms with Gasteiger partial charge < -0.3 is 5.32 Å². The molecule has 0 saturated heterocycles. The van der Waals surface area contributed by atoms with Crippen molar-refractivity contribution in [3.05, 3.63) is 27.7 Å². The lowest BCUT2D eigenvalue weighted by Gasteiger charge is -2.18. The third kappa shape index (κ3) is 1.31. The molecular weight excluding hydrogens is 205 g/mol. The molecular formula is C10H11Cl2N. The molecule has 70 valence electrons. The van der Waals surface area contributed by atoms with Gasteiger partial charge in [-0.3, -0.25) is 0 Å². The number of halogens is 2. The van der Waals surface area contributed by atoms with E-state index in [4.69, 9.17) is 23.2 Å². The van der Waals surface area contributed by atoms with Gasteiger partial charge in [-0.25, -0.2) is 0 Å². The van der Waals surface area contributed by atoms with Gasteiger partial charge in [0.25, 0.3) is 0 Å². The highest BCUT2D eigenvalue weighted by atomic mass is 35.5. The molecule has 0 fully saturated rings. The highest BCUT2D eigenvalue weighted by molar-refractivity contribution is 6.36. The van der Waals surface area contributed by atoms with Crippen LogP contribution in [-0.2, 0) is 5.41 Å². The molecule has 0 aliphatic carbocycles. The summed E-state index contributed by atoms with van der Waals surface area (Å²) < 4.78 is 0. The fraction of sp³-hybridized carbons (Fsp3) is 0.400. The molecule has 0 unspecified atom stereocenters. The van der Waals surface area contributed by atoms with Crippen LogP contribution >= 0.6 is 23.2 Å². The third-order valence-corrected chi connectivity index (χ3v) is 3.12. The van der Waals surface area contributed by atoms with Gasteiger partial charge in [0.05, 0.1) is 10.7 Å². The van der Waals surface area contributed by atoms with Gasteiger partial charge in [0.1, 0.15) is 0 Å². The second kappa shape index (κ2) is 2.79. The molecule has 2 rings (SSSR count). The maximum absolute atomic E-state index is 6.13. The van der Waals surface area contributed by atoms with E-state index < -0.39 is 0 Å². The van der Waals surface area contributed by atoms with Crippen molar-refractivity contribution in [2.24, 2.45) is 0 Å². The van der Waals surface area contributed by atoms with E-state index >= 15 is 0 Å². The van der Waals surface area contributed by atoms with Gasteiger partial charge in [0.15, 0.2) is 0 Å². The minimum Gasteiger partial charge on any atom is -0.383 e. The zero-order valence-corrected chi connectivity index (χ0v) is 9.13. The fourth-order valence-electron chi connectivity index (χ4n) is 1.78. The summed E-state index contributed by atoms with van der Waals surface area (Å²) in [7, 11) is 0. The van der Waals surface area contributed by atoms with Crippen LogP contribution in [0.25, 0.3) is 0 Å². The molecule has 3 heteroatoms. The van der Waals surface area contributed by atoms with E-state index in [2.05, 4.69) is 19.2 Å². The SMILES string of the molecule is CC1(C)CNc2c(Cl)ccc(Cl)c21. The number of rotatable bonds is 0. The second-order valence-electron chi connectivity index (χ2n) is 4.02. The van der Waals surface area contributed by atoms with Crippen LogP contribution in [0.3, 0.4) is 0 Å². The number of fused-ring (bicyclic) bond motifs is 1. The van der Waals surface area contributed by atoms with E-state index in [1.165, 1.54) is 0 Å². The smallest absolute Gasteiger partial charge is 0.0641 e. The second-order valence-corrected chi connectivity index (χ2v) is 4.83. The van der Waals surface area contributed by atoms with E-state index in [0.717, 1.165) is 27.8 Å². The molecule has 1 nitrogen and oxygen atoms in total. The number of hydrogen-bond donors (Lipinski definition) is 1. The van der Waals surface area contributed by atoms with Crippen molar-refractivity contribution >= 4 is 28.9 Å². The molecule has 1 aromatic carbocycles. The minimum atomic E-state index is 0.0807. The predicted octanol–water partition coefficient (Wildman–Crippen LogP) is 3.70. The molecule has 0 aromatic heterocycles. The van der Waals surface area contributed by atoms with Gasteiger partial charge in [-0.1, -0.05) is 37.0 Å². The van der Waals surface area contributed by atoms with E-state index in [9.17, 15) is 0 Å². The summed E-state index contributed by atoms with van der Waals surface area (Å²) in [4.78, 5) is 0. The van der Waals surface area contributed by atoms with E-state index in [1.54, 1.807) is 0 Å². The average molecular weight is 216 g/mol. The molecule has 1 aliphatic rings. The van der Waals surface area contributed by atoms with Crippen LogP contribution in [0.15, 0.2) is 12.1 Å². The lowest BCUT2D eigenvalue weighted by atomic mass is 9.87. The predicted molar refractivity (Wildman–Crippen MR) is 58.0 cm³/mol. The number of benzene rings is 1. The molecule has 0 bridgehead atoms. The topological polar surface area (TPSA) is 12.0 Å². The fourth-order valence-corrected chi connectivity index (χ4v) is 2.42. The third-order valence-electron chi connectivity index (χ3n) is 2.49. The number of anilines is 1. The van der Waals surface area contributed by atoms with Crippen LogP contribution in [0, 0.1) is 0 Å². The van der Waals surface area contributed by atoms with Crippen molar-refractivity contribution in [3.63, 3.8) is 0 Å². The molecule has 0 amide bonds. The summed E-state index contributed by atoms with van der Waals surface area (Å²) in [5.41, 5.74) is 2.22. The van der Waals surface area contributed by atoms with Gasteiger partial charge >= 0.3 is 0 Å². The van der Waals surface area contributed by atoms with Crippen molar-refractivity contribution in [2.75, 3.05) is 11.9 Å².